The first kappa shape index (κ1) is 20.5. The molecule has 8 nitrogen and oxygen atoms in total. The zero-order valence-electron chi connectivity index (χ0n) is 15.7. The molecule has 0 radical (unpaired) electrons. The van der Waals surface area contributed by atoms with Crippen molar-refractivity contribution in [3.05, 3.63) is 63.2 Å². The Kier molecular flexibility index (Phi) is 6.71. The fourth-order valence-electron chi connectivity index (χ4n) is 2.45. The van der Waals surface area contributed by atoms with Gasteiger partial charge in [-0.25, -0.2) is 0 Å². The van der Waals surface area contributed by atoms with E-state index in [1.165, 1.54) is 25.3 Å². The number of anilines is 1. The molecule has 0 heterocycles. The number of nitrogens with one attached hydrogen (secondary N) is 1. The first-order valence-corrected chi connectivity index (χ1v) is 8.38. The lowest BCUT2D eigenvalue weighted by Crippen LogP contribution is -2.14. The van der Waals surface area contributed by atoms with Crippen molar-refractivity contribution in [2.24, 2.45) is 0 Å². The van der Waals surface area contributed by atoms with Gasteiger partial charge in [0.25, 0.3) is 11.6 Å². The molecule has 144 valence electrons. The summed E-state index contributed by atoms with van der Waals surface area (Å²) in [5.74, 6) is 0.255. The van der Waals surface area contributed by atoms with E-state index in [4.69, 9.17) is 9.47 Å². The van der Waals surface area contributed by atoms with Gasteiger partial charge in [0, 0.05) is 6.07 Å². The van der Waals surface area contributed by atoms with Gasteiger partial charge in [0.2, 0.25) is 0 Å². The Balaban J connectivity index is 2.32. The monoisotopic (exact) mass is 381 g/mol. The summed E-state index contributed by atoms with van der Waals surface area (Å²) >= 11 is 0. The third kappa shape index (κ3) is 4.86. The van der Waals surface area contributed by atoms with Crippen LogP contribution in [-0.2, 0) is 4.79 Å². The maximum absolute atomic E-state index is 12.5. The third-order valence-corrected chi connectivity index (χ3v) is 3.76. The van der Waals surface area contributed by atoms with Crippen LogP contribution in [-0.4, -0.2) is 24.5 Å². The molecule has 0 aromatic heterocycles. The smallest absolute Gasteiger partial charge is 0.293 e. The molecular formula is C20H19N3O5. The van der Waals surface area contributed by atoms with Gasteiger partial charge in [0.1, 0.15) is 17.3 Å². The lowest BCUT2D eigenvalue weighted by atomic mass is 10.1. The number of carbonyl (C=O) groups is 1. The van der Waals surface area contributed by atoms with E-state index in [0.717, 1.165) is 0 Å². The van der Waals surface area contributed by atoms with E-state index in [1.54, 1.807) is 31.2 Å². The highest BCUT2D eigenvalue weighted by atomic mass is 16.6. The molecule has 1 N–H and O–H groups in total. The van der Waals surface area contributed by atoms with Gasteiger partial charge in [0.05, 0.1) is 18.6 Å². The summed E-state index contributed by atoms with van der Waals surface area (Å²) in [5.41, 5.74) is 0.799. The van der Waals surface area contributed by atoms with Crippen LogP contribution in [0.5, 0.6) is 11.5 Å². The third-order valence-electron chi connectivity index (χ3n) is 3.76. The minimum Gasteiger partial charge on any atom is -0.493 e. The van der Waals surface area contributed by atoms with Gasteiger partial charge >= 0.3 is 0 Å². The van der Waals surface area contributed by atoms with Crippen LogP contribution in [0.25, 0.3) is 6.08 Å². The molecule has 0 aliphatic rings. The number of nitrogens with zero attached hydrogens (tertiary/aromatic N) is 2. The van der Waals surface area contributed by atoms with Crippen LogP contribution in [0.15, 0.2) is 42.0 Å². The van der Waals surface area contributed by atoms with Crippen LogP contribution >= 0.6 is 0 Å². The Labute approximate surface area is 162 Å². The minimum atomic E-state index is -0.748. The van der Waals surface area contributed by atoms with Crippen LogP contribution in [0.2, 0.25) is 0 Å². The van der Waals surface area contributed by atoms with Crippen LogP contribution in [0.3, 0.4) is 0 Å². The molecule has 0 aliphatic carbocycles. The van der Waals surface area contributed by atoms with Crippen molar-refractivity contribution in [2.75, 3.05) is 19.0 Å². The molecule has 8 heteroatoms. The Hall–Kier alpha value is -3.86. The number of benzene rings is 2. The molecule has 2 aromatic carbocycles. The van der Waals surface area contributed by atoms with Crippen LogP contribution in [0, 0.1) is 28.4 Å². The van der Waals surface area contributed by atoms with Gasteiger partial charge in [-0.3, -0.25) is 14.9 Å². The zero-order valence-corrected chi connectivity index (χ0v) is 15.7. The largest absolute Gasteiger partial charge is 0.493 e. The summed E-state index contributed by atoms with van der Waals surface area (Å²) in [6, 6.07) is 11.2. The fraction of sp³-hybridized carbons (Fsp3) is 0.200. The zero-order chi connectivity index (χ0) is 20.7. The fourth-order valence-corrected chi connectivity index (χ4v) is 2.45. The van der Waals surface area contributed by atoms with E-state index < -0.39 is 10.8 Å². The second kappa shape index (κ2) is 9.19. The Morgan fingerprint density at radius 1 is 1.29 bits per heavy atom. The number of amides is 1. The summed E-state index contributed by atoms with van der Waals surface area (Å²) < 4.78 is 10.7. The second-order valence-electron chi connectivity index (χ2n) is 5.74. The average Bonchev–Trinajstić information content (AvgIpc) is 2.68. The van der Waals surface area contributed by atoms with Gasteiger partial charge in [-0.1, -0.05) is 12.1 Å². The molecule has 0 saturated heterocycles. The lowest BCUT2D eigenvalue weighted by molar-refractivity contribution is -0.384. The van der Waals surface area contributed by atoms with Crippen molar-refractivity contribution in [2.45, 2.75) is 13.8 Å². The topological polar surface area (TPSA) is 114 Å². The first-order valence-electron chi connectivity index (χ1n) is 8.38. The molecule has 0 unspecified atom stereocenters. The molecule has 0 saturated carbocycles. The van der Waals surface area contributed by atoms with Crippen molar-refractivity contribution < 1.29 is 19.2 Å². The number of nitriles is 1. The van der Waals surface area contributed by atoms with E-state index >= 15 is 0 Å². The Morgan fingerprint density at radius 2 is 2.04 bits per heavy atom. The average molecular weight is 381 g/mol. The molecule has 2 aromatic rings. The van der Waals surface area contributed by atoms with E-state index in [1.807, 2.05) is 13.0 Å². The van der Waals surface area contributed by atoms with E-state index in [-0.39, 0.29) is 16.9 Å². The summed E-state index contributed by atoms with van der Waals surface area (Å²) in [6.45, 7) is 4.01. The maximum atomic E-state index is 12.5. The SMILES string of the molecule is CCOc1ccc(/C=C(\C#N)C(=O)Nc2ccc(C)cc2[N+](=O)[O-])cc1OC. The van der Waals surface area contributed by atoms with Gasteiger partial charge in [-0.15, -0.1) is 0 Å². The van der Waals surface area contributed by atoms with Crippen molar-refractivity contribution in [3.63, 3.8) is 0 Å². The van der Waals surface area contributed by atoms with Gasteiger partial charge in [0.15, 0.2) is 11.5 Å². The van der Waals surface area contributed by atoms with Crippen LogP contribution in [0.1, 0.15) is 18.1 Å². The maximum Gasteiger partial charge on any atom is 0.293 e. The quantitative estimate of drug-likeness (QED) is 0.337. The number of hydrogen-bond donors (Lipinski definition) is 1. The molecule has 28 heavy (non-hydrogen) atoms. The minimum absolute atomic E-state index is 0.0195. The molecule has 0 atom stereocenters. The van der Waals surface area contributed by atoms with Crippen molar-refractivity contribution >= 4 is 23.4 Å². The van der Waals surface area contributed by atoms with Crippen molar-refractivity contribution in [3.8, 4) is 17.6 Å². The van der Waals surface area contributed by atoms with E-state index in [9.17, 15) is 20.2 Å². The summed E-state index contributed by atoms with van der Waals surface area (Å²) in [4.78, 5) is 23.1. The van der Waals surface area contributed by atoms with Gasteiger partial charge in [-0.2, -0.15) is 5.26 Å². The molecule has 0 spiro atoms. The predicted octanol–water partition coefficient (Wildman–Crippen LogP) is 3.86. The first-order chi connectivity index (χ1) is 13.4. The highest BCUT2D eigenvalue weighted by molar-refractivity contribution is 6.10. The summed E-state index contributed by atoms with van der Waals surface area (Å²) in [5, 5.41) is 23.0. The van der Waals surface area contributed by atoms with Crippen molar-refractivity contribution in [1.82, 2.24) is 0 Å². The normalized spacial score (nSPS) is 10.7. The number of nitro groups is 1. The number of carbonyl (C=O) groups excluding carboxylic acids is 1. The number of nitro benzene ring substituents is 1. The number of methoxy groups -OCH3 is 1. The van der Waals surface area contributed by atoms with Crippen molar-refractivity contribution in [1.29, 1.82) is 5.26 Å². The highest BCUT2D eigenvalue weighted by Crippen LogP contribution is 2.29. The van der Waals surface area contributed by atoms with E-state index in [0.29, 0.717) is 29.2 Å². The molecule has 1 amide bonds. The lowest BCUT2D eigenvalue weighted by Gasteiger charge is -2.10. The summed E-state index contributed by atoms with van der Waals surface area (Å²) in [7, 11) is 1.49. The molecule has 0 fully saturated rings. The predicted molar refractivity (Wildman–Crippen MR) is 104 cm³/mol. The molecule has 0 aliphatic heterocycles. The highest BCUT2D eigenvalue weighted by Gasteiger charge is 2.18. The standard InChI is InChI=1S/C20H19N3O5/c1-4-28-18-8-6-14(11-19(18)27-3)10-15(12-21)20(24)22-16-7-5-13(2)9-17(16)23(25)26/h5-11H,4H2,1-3H3,(H,22,24)/b15-10+. The summed E-state index contributed by atoms with van der Waals surface area (Å²) in [6.07, 6.45) is 1.37. The molecule has 2 rings (SSSR count). The number of aryl methyl sites for hydroxylation is 1. The van der Waals surface area contributed by atoms with Crippen LogP contribution in [0.4, 0.5) is 11.4 Å². The Morgan fingerprint density at radius 3 is 2.64 bits per heavy atom. The second-order valence-corrected chi connectivity index (χ2v) is 5.74. The van der Waals surface area contributed by atoms with Gasteiger partial charge in [-0.05, 0) is 49.2 Å². The molecule has 0 bridgehead atoms. The number of rotatable bonds is 7. The molecular weight excluding hydrogens is 362 g/mol. The van der Waals surface area contributed by atoms with Crippen LogP contribution < -0.4 is 14.8 Å². The number of hydrogen-bond acceptors (Lipinski definition) is 6. The van der Waals surface area contributed by atoms with E-state index in [2.05, 4.69) is 5.32 Å². The Bertz CT molecular complexity index is 976. The number of ether oxygens (including phenoxy) is 2. The van der Waals surface area contributed by atoms with Gasteiger partial charge < -0.3 is 14.8 Å².